The van der Waals surface area contributed by atoms with Crippen molar-refractivity contribution >= 4 is 0 Å². The van der Waals surface area contributed by atoms with Gasteiger partial charge in [0.25, 0.3) is 0 Å². The molecule has 0 spiro atoms. The summed E-state index contributed by atoms with van der Waals surface area (Å²) in [5.41, 5.74) is 0. The molecule has 76 valence electrons. The Morgan fingerprint density at radius 1 is 1.15 bits per heavy atom. The van der Waals surface area contributed by atoms with E-state index in [4.69, 9.17) is 0 Å². The van der Waals surface area contributed by atoms with Gasteiger partial charge in [0.15, 0.2) is 0 Å². The molecule has 0 aromatic carbocycles. The molecule has 1 saturated carbocycles. The van der Waals surface area contributed by atoms with Gasteiger partial charge in [0.05, 0.1) is 0 Å². The zero-order valence-electron chi connectivity index (χ0n) is 8.68. The maximum Gasteiger partial charge on any atom is 0.0317 e. The highest BCUT2D eigenvalue weighted by Gasteiger charge is 2.21. The molecular weight excluding hydrogens is 160 g/mol. The first-order valence-corrected chi connectivity index (χ1v) is 5.78. The Bertz CT molecular complexity index is 146. The van der Waals surface area contributed by atoms with Crippen molar-refractivity contribution in [3.63, 3.8) is 0 Å². The number of hydrogen-bond acceptors (Lipinski definition) is 2. The van der Waals surface area contributed by atoms with Crippen LogP contribution < -0.4 is 10.6 Å². The van der Waals surface area contributed by atoms with Crippen LogP contribution in [0.15, 0.2) is 0 Å². The maximum absolute atomic E-state index is 3.64. The van der Waals surface area contributed by atoms with E-state index >= 15 is 0 Å². The Morgan fingerprint density at radius 3 is 2.38 bits per heavy atom. The average Bonchev–Trinajstić information content (AvgIpc) is 2.05. The van der Waals surface area contributed by atoms with E-state index < -0.39 is 0 Å². The topological polar surface area (TPSA) is 24.1 Å². The molecule has 1 aliphatic carbocycles. The van der Waals surface area contributed by atoms with E-state index in [0.29, 0.717) is 0 Å². The average molecular weight is 182 g/mol. The van der Waals surface area contributed by atoms with Crippen LogP contribution in [0.4, 0.5) is 0 Å². The van der Waals surface area contributed by atoms with Crippen molar-refractivity contribution in [3.05, 3.63) is 0 Å². The highest BCUT2D eigenvalue weighted by Crippen LogP contribution is 2.27. The molecule has 0 unspecified atom stereocenters. The molecule has 0 amide bonds. The Balaban J connectivity index is 1.59. The van der Waals surface area contributed by atoms with Gasteiger partial charge in [0, 0.05) is 19.1 Å². The third-order valence-electron chi connectivity index (χ3n) is 3.61. The minimum Gasteiger partial charge on any atom is -0.314 e. The zero-order valence-corrected chi connectivity index (χ0v) is 8.68. The second-order valence-corrected chi connectivity index (χ2v) is 4.89. The molecule has 0 atom stereocenters. The van der Waals surface area contributed by atoms with Crippen LogP contribution in [0.2, 0.25) is 0 Å². The van der Waals surface area contributed by atoms with E-state index in [9.17, 15) is 0 Å². The third kappa shape index (κ3) is 2.68. The molecule has 0 aromatic heterocycles. The van der Waals surface area contributed by atoms with E-state index in [2.05, 4.69) is 17.6 Å². The van der Waals surface area contributed by atoms with E-state index in [1.165, 1.54) is 45.3 Å². The van der Waals surface area contributed by atoms with Gasteiger partial charge in [-0.3, -0.25) is 0 Å². The van der Waals surface area contributed by atoms with Crippen molar-refractivity contribution in [3.8, 4) is 0 Å². The standard InChI is InChI=1S/C11H22N2/c1-9-2-4-10(5-3-9)6-13-11-7-12-8-11/h9-13H,2-8H2,1H3. The van der Waals surface area contributed by atoms with Gasteiger partial charge in [-0.2, -0.15) is 0 Å². The van der Waals surface area contributed by atoms with Crippen molar-refractivity contribution < 1.29 is 0 Å². The Hall–Kier alpha value is -0.0800. The normalized spacial score (nSPS) is 35.8. The lowest BCUT2D eigenvalue weighted by Crippen LogP contribution is -2.56. The van der Waals surface area contributed by atoms with Gasteiger partial charge in [-0.1, -0.05) is 19.8 Å². The van der Waals surface area contributed by atoms with E-state index in [-0.39, 0.29) is 0 Å². The first-order chi connectivity index (χ1) is 6.34. The SMILES string of the molecule is CC1CCC(CNC2CNC2)CC1. The van der Waals surface area contributed by atoms with Gasteiger partial charge >= 0.3 is 0 Å². The largest absolute Gasteiger partial charge is 0.314 e. The summed E-state index contributed by atoms with van der Waals surface area (Å²) in [6.07, 6.45) is 5.81. The van der Waals surface area contributed by atoms with Crippen LogP contribution in [0, 0.1) is 11.8 Å². The van der Waals surface area contributed by atoms with Crippen molar-refractivity contribution in [2.75, 3.05) is 19.6 Å². The Labute approximate surface area is 81.5 Å². The lowest BCUT2D eigenvalue weighted by Gasteiger charge is -2.32. The zero-order chi connectivity index (χ0) is 9.10. The molecule has 0 radical (unpaired) electrons. The molecule has 2 nitrogen and oxygen atoms in total. The van der Waals surface area contributed by atoms with Crippen molar-refractivity contribution in [2.45, 2.75) is 38.6 Å². The van der Waals surface area contributed by atoms with Gasteiger partial charge in [-0.15, -0.1) is 0 Å². The summed E-state index contributed by atoms with van der Waals surface area (Å²) in [7, 11) is 0. The Morgan fingerprint density at radius 2 is 1.85 bits per heavy atom. The first-order valence-electron chi connectivity index (χ1n) is 5.78. The van der Waals surface area contributed by atoms with Crippen molar-refractivity contribution in [1.29, 1.82) is 0 Å². The number of rotatable bonds is 3. The fourth-order valence-corrected chi connectivity index (χ4v) is 2.30. The predicted molar refractivity (Wildman–Crippen MR) is 55.8 cm³/mol. The lowest BCUT2D eigenvalue weighted by molar-refractivity contribution is 0.259. The molecule has 1 saturated heterocycles. The summed E-state index contributed by atoms with van der Waals surface area (Å²) in [4.78, 5) is 0. The van der Waals surface area contributed by atoms with Crippen molar-refractivity contribution in [2.24, 2.45) is 11.8 Å². The maximum atomic E-state index is 3.64. The van der Waals surface area contributed by atoms with Crippen LogP contribution in [0.1, 0.15) is 32.6 Å². The molecule has 2 aliphatic rings. The van der Waals surface area contributed by atoms with Gasteiger partial charge in [-0.25, -0.2) is 0 Å². The fourth-order valence-electron chi connectivity index (χ4n) is 2.30. The second kappa shape index (κ2) is 4.43. The van der Waals surface area contributed by atoms with Crippen molar-refractivity contribution in [1.82, 2.24) is 10.6 Å². The summed E-state index contributed by atoms with van der Waals surface area (Å²) in [5.74, 6) is 1.96. The number of hydrogen-bond donors (Lipinski definition) is 2. The minimum atomic E-state index is 0.777. The quantitative estimate of drug-likeness (QED) is 0.689. The molecular formula is C11H22N2. The fraction of sp³-hybridized carbons (Fsp3) is 1.00. The minimum absolute atomic E-state index is 0.777. The van der Waals surface area contributed by atoms with Gasteiger partial charge < -0.3 is 10.6 Å². The highest BCUT2D eigenvalue weighted by atomic mass is 15.1. The van der Waals surface area contributed by atoms with Crippen LogP contribution in [-0.4, -0.2) is 25.7 Å². The van der Waals surface area contributed by atoms with Crippen LogP contribution in [0.3, 0.4) is 0 Å². The van der Waals surface area contributed by atoms with Crippen LogP contribution in [-0.2, 0) is 0 Å². The van der Waals surface area contributed by atoms with Crippen LogP contribution >= 0.6 is 0 Å². The molecule has 2 fully saturated rings. The van der Waals surface area contributed by atoms with E-state index in [1.807, 2.05) is 0 Å². The van der Waals surface area contributed by atoms with Gasteiger partial charge in [0.2, 0.25) is 0 Å². The summed E-state index contributed by atoms with van der Waals surface area (Å²) in [6, 6.07) is 0.777. The smallest absolute Gasteiger partial charge is 0.0317 e. The lowest BCUT2D eigenvalue weighted by atomic mass is 9.83. The third-order valence-corrected chi connectivity index (χ3v) is 3.61. The number of nitrogens with one attached hydrogen (secondary N) is 2. The molecule has 2 N–H and O–H groups in total. The second-order valence-electron chi connectivity index (χ2n) is 4.89. The van der Waals surface area contributed by atoms with Gasteiger partial charge in [0.1, 0.15) is 0 Å². The molecule has 2 rings (SSSR count). The van der Waals surface area contributed by atoms with E-state index in [0.717, 1.165) is 17.9 Å². The van der Waals surface area contributed by atoms with Gasteiger partial charge in [-0.05, 0) is 31.2 Å². The first kappa shape index (κ1) is 9.47. The molecule has 2 heteroatoms. The van der Waals surface area contributed by atoms with Crippen LogP contribution in [0.5, 0.6) is 0 Å². The van der Waals surface area contributed by atoms with E-state index in [1.54, 1.807) is 0 Å². The predicted octanol–water partition coefficient (Wildman–Crippen LogP) is 1.37. The highest BCUT2D eigenvalue weighted by molar-refractivity contribution is 4.83. The molecule has 1 aliphatic heterocycles. The Kier molecular flexibility index (Phi) is 3.23. The summed E-state index contributed by atoms with van der Waals surface area (Å²) in [5, 5.41) is 6.93. The summed E-state index contributed by atoms with van der Waals surface area (Å²) < 4.78 is 0. The molecule has 1 heterocycles. The molecule has 0 bridgehead atoms. The summed E-state index contributed by atoms with van der Waals surface area (Å²) in [6.45, 7) is 6.02. The van der Waals surface area contributed by atoms with Crippen LogP contribution in [0.25, 0.3) is 0 Å². The molecule has 13 heavy (non-hydrogen) atoms. The summed E-state index contributed by atoms with van der Waals surface area (Å²) >= 11 is 0. The molecule has 0 aromatic rings. The monoisotopic (exact) mass is 182 g/mol.